The van der Waals surface area contributed by atoms with E-state index in [0.29, 0.717) is 42.2 Å². The van der Waals surface area contributed by atoms with Crippen LogP contribution in [0.25, 0.3) is 6.08 Å². The highest BCUT2D eigenvalue weighted by Crippen LogP contribution is 2.36. The fraction of sp³-hybridized carbons (Fsp3) is 0.241. The van der Waals surface area contributed by atoms with Crippen molar-refractivity contribution >= 4 is 46.6 Å². The number of carbonyl (C=O) groups excluding carboxylic acids is 2. The molecule has 5 rings (SSSR count). The third-order valence-electron chi connectivity index (χ3n) is 6.94. The van der Waals surface area contributed by atoms with Crippen molar-refractivity contribution in [1.29, 1.82) is 0 Å². The first-order valence-corrected chi connectivity index (χ1v) is 12.7. The molecule has 7 nitrogen and oxygen atoms in total. The zero-order valence-electron chi connectivity index (χ0n) is 20.3. The van der Waals surface area contributed by atoms with Gasteiger partial charge in [0.25, 0.3) is 0 Å². The maximum atomic E-state index is 13.3. The minimum atomic E-state index is -0.255. The number of likely N-dealkylation sites (tertiary alicyclic amines) is 1. The second-order valence-electron chi connectivity index (χ2n) is 9.43. The number of carbonyl (C=O) groups is 2. The van der Waals surface area contributed by atoms with Crippen LogP contribution in [0.5, 0.6) is 0 Å². The highest BCUT2D eigenvalue weighted by atomic mass is 35.5. The molecule has 0 aliphatic carbocycles. The first-order valence-electron chi connectivity index (χ1n) is 12.3. The second kappa shape index (κ2) is 11.2. The van der Waals surface area contributed by atoms with Crippen LogP contribution in [0, 0.1) is 5.92 Å². The summed E-state index contributed by atoms with van der Waals surface area (Å²) in [5.74, 6) is -0.402. The third-order valence-corrected chi connectivity index (χ3v) is 7.20. The molecule has 8 heteroatoms. The molecule has 2 amide bonds. The molecule has 3 aromatic carbocycles. The van der Waals surface area contributed by atoms with Gasteiger partial charge in [0, 0.05) is 35.8 Å². The maximum Gasteiger partial charge on any atom is 0.248 e. The molecular weight excluding hydrogens is 488 g/mol. The Bertz CT molecular complexity index is 1290. The third kappa shape index (κ3) is 6.02. The molecule has 2 aliphatic heterocycles. The first kappa shape index (κ1) is 25.0. The Kier molecular flexibility index (Phi) is 7.55. The molecule has 2 aliphatic rings. The van der Waals surface area contributed by atoms with Crippen LogP contribution in [0.1, 0.15) is 17.0 Å². The molecule has 3 aromatic rings. The lowest BCUT2D eigenvalue weighted by Gasteiger charge is -2.34. The predicted molar refractivity (Wildman–Crippen MR) is 147 cm³/mol. The average molecular weight is 517 g/mol. The second-order valence-corrected chi connectivity index (χ2v) is 9.87. The Labute approximate surface area is 221 Å². The summed E-state index contributed by atoms with van der Waals surface area (Å²) in [6, 6.07) is 22.7. The molecule has 0 saturated carbocycles. The number of nitrogens with two attached hydrogens (primary N) is 1. The van der Waals surface area contributed by atoms with Crippen LogP contribution in [-0.4, -0.2) is 49.1 Å². The smallest absolute Gasteiger partial charge is 0.248 e. The molecule has 0 unspecified atom stereocenters. The summed E-state index contributed by atoms with van der Waals surface area (Å²) in [6.07, 6.45) is 3.24. The van der Waals surface area contributed by atoms with Crippen molar-refractivity contribution in [1.82, 2.24) is 4.90 Å². The van der Waals surface area contributed by atoms with Crippen molar-refractivity contribution in [3.63, 3.8) is 0 Å². The van der Waals surface area contributed by atoms with Gasteiger partial charge in [-0.15, -0.1) is 0 Å². The minimum absolute atomic E-state index is 0.00380. The van der Waals surface area contributed by atoms with Crippen LogP contribution < -0.4 is 16.4 Å². The zero-order chi connectivity index (χ0) is 25.8. The number of rotatable bonds is 7. The molecule has 0 bridgehead atoms. The van der Waals surface area contributed by atoms with Gasteiger partial charge in [-0.3, -0.25) is 14.5 Å². The number of amides is 2. The van der Waals surface area contributed by atoms with Gasteiger partial charge in [0.15, 0.2) is 0 Å². The minimum Gasteiger partial charge on any atom is -0.397 e. The lowest BCUT2D eigenvalue weighted by molar-refractivity contribution is -0.120. The standard InChI is InChI=1S/C29H29ClN4O3/c30-21-10-12-22(13-11-21)32-29(36)25-16-34(23-17-37-18-23)15-24(25)20-8-5-19(6-9-20)7-14-28(35)33-27-4-2-1-3-26(27)31/h1-14,23-25H,15-18,31H2,(H,32,36)(H,33,35)/b14-7+/t24-,25+/m1/s1. The van der Waals surface area contributed by atoms with Gasteiger partial charge in [0.2, 0.25) is 11.8 Å². The summed E-state index contributed by atoms with van der Waals surface area (Å²) in [5.41, 5.74) is 9.71. The molecule has 37 heavy (non-hydrogen) atoms. The Balaban J connectivity index is 1.27. The number of anilines is 3. The fourth-order valence-corrected chi connectivity index (χ4v) is 4.88. The van der Waals surface area contributed by atoms with Crippen molar-refractivity contribution in [3.8, 4) is 0 Å². The number of hydrogen-bond donors (Lipinski definition) is 3. The van der Waals surface area contributed by atoms with Crippen LogP contribution >= 0.6 is 11.6 Å². The van der Waals surface area contributed by atoms with E-state index in [1.807, 2.05) is 48.5 Å². The van der Waals surface area contributed by atoms with Crippen LogP contribution in [0.2, 0.25) is 5.02 Å². The number of halogens is 1. The van der Waals surface area contributed by atoms with Gasteiger partial charge in [0.1, 0.15) is 0 Å². The van der Waals surface area contributed by atoms with Crippen molar-refractivity contribution in [2.45, 2.75) is 12.0 Å². The molecule has 2 fully saturated rings. The Morgan fingerprint density at radius 3 is 2.35 bits per heavy atom. The molecule has 2 heterocycles. The molecule has 2 atom stereocenters. The van der Waals surface area contributed by atoms with Crippen LogP contribution in [-0.2, 0) is 14.3 Å². The summed E-state index contributed by atoms with van der Waals surface area (Å²) in [4.78, 5) is 28.0. The van der Waals surface area contributed by atoms with E-state index in [2.05, 4.69) is 15.5 Å². The van der Waals surface area contributed by atoms with E-state index in [1.165, 1.54) is 6.08 Å². The molecule has 4 N–H and O–H groups in total. The number of nitrogens with zero attached hydrogens (tertiary/aromatic N) is 1. The summed E-state index contributed by atoms with van der Waals surface area (Å²) in [6.45, 7) is 2.89. The van der Waals surface area contributed by atoms with E-state index in [4.69, 9.17) is 22.1 Å². The molecular formula is C29H29ClN4O3. The predicted octanol–water partition coefficient (Wildman–Crippen LogP) is 4.63. The topological polar surface area (TPSA) is 96.7 Å². The average Bonchev–Trinajstić information content (AvgIpc) is 3.29. The van der Waals surface area contributed by atoms with Crippen molar-refractivity contribution in [2.24, 2.45) is 5.92 Å². The van der Waals surface area contributed by atoms with E-state index < -0.39 is 0 Å². The Morgan fingerprint density at radius 1 is 0.946 bits per heavy atom. The highest BCUT2D eigenvalue weighted by Gasteiger charge is 2.42. The van der Waals surface area contributed by atoms with Gasteiger partial charge in [-0.1, -0.05) is 48.0 Å². The van der Waals surface area contributed by atoms with Gasteiger partial charge in [-0.2, -0.15) is 0 Å². The van der Waals surface area contributed by atoms with Gasteiger partial charge in [-0.25, -0.2) is 0 Å². The van der Waals surface area contributed by atoms with Gasteiger partial charge in [-0.05, 0) is 53.6 Å². The quantitative estimate of drug-likeness (QED) is 0.314. The monoisotopic (exact) mass is 516 g/mol. The number of nitrogens with one attached hydrogen (secondary N) is 2. The Morgan fingerprint density at radius 2 is 1.68 bits per heavy atom. The fourth-order valence-electron chi connectivity index (χ4n) is 4.75. The lowest BCUT2D eigenvalue weighted by Crippen LogP contribution is -2.48. The normalized spacial score (nSPS) is 20.0. The summed E-state index contributed by atoms with van der Waals surface area (Å²) < 4.78 is 5.39. The number of ether oxygens (including phenoxy) is 1. The summed E-state index contributed by atoms with van der Waals surface area (Å²) in [7, 11) is 0. The molecule has 2 saturated heterocycles. The van der Waals surface area contributed by atoms with Crippen LogP contribution in [0.4, 0.5) is 17.1 Å². The number of hydrogen-bond acceptors (Lipinski definition) is 5. The number of nitrogen functional groups attached to an aromatic ring is 1. The number of benzene rings is 3. The van der Waals surface area contributed by atoms with Gasteiger partial charge in [0.05, 0.1) is 36.5 Å². The van der Waals surface area contributed by atoms with E-state index in [1.54, 1.807) is 30.3 Å². The largest absolute Gasteiger partial charge is 0.397 e. The highest BCUT2D eigenvalue weighted by molar-refractivity contribution is 6.30. The van der Waals surface area contributed by atoms with E-state index >= 15 is 0 Å². The van der Waals surface area contributed by atoms with Crippen molar-refractivity contribution in [2.75, 3.05) is 42.7 Å². The van der Waals surface area contributed by atoms with E-state index in [9.17, 15) is 9.59 Å². The Hall–Kier alpha value is -3.65. The van der Waals surface area contributed by atoms with Crippen LogP contribution in [0.3, 0.4) is 0 Å². The van der Waals surface area contributed by atoms with E-state index in [0.717, 1.165) is 23.4 Å². The molecule has 0 aromatic heterocycles. The van der Waals surface area contributed by atoms with Crippen molar-refractivity contribution in [3.05, 3.63) is 95.0 Å². The van der Waals surface area contributed by atoms with E-state index in [-0.39, 0.29) is 23.7 Å². The van der Waals surface area contributed by atoms with Crippen LogP contribution in [0.15, 0.2) is 78.9 Å². The first-order chi connectivity index (χ1) is 18.0. The van der Waals surface area contributed by atoms with Crippen molar-refractivity contribution < 1.29 is 14.3 Å². The van der Waals surface area contributed by atoms with Gasteiger partial charge >= 0.3 is 0 Å². The summed E-state index contributed by atoms with van der Waals surface area (Å²) in [5, 5.41) is 6.47. The zero-order valence-corrected chi connectivity index (χ0v) is 21.0. The SMILES string of the molecule is Nc1ccccc1NC(=O)/C=C/c1ccc([C@H]2CN(C3COC3)C[C@@H]2C(=O)Nc2ccc(Cl)cc2)cc1. The maximum absolute atomic E-state index is 13.3. The molecule has 0 radical (unpaired) electrons. The lowest BCUT2D eigenvalue weighted by atomic mass is 9.88. The molecule has 0 spiro atoms. The number of para-hydroxylation sites is 2. The summed E-state index contributed by atoms with van der Waals surface area (Å²) >= 11 is 5.99. The molecule has 190 valence electrons. The van der Waals surface area contributed by atoms with Gasteiger partial charge < -0.3 is 21.1 Å².